The summed E-state index contributed by atoms with van der Waals surface area (Å²) in [5.41, 5.74) is 0.0999. The van der Waals surface area contributed by atoms with Crippen LogP contribution in [0.5, 0.6) is 0 Å². The van der Waals surface area contributed by atoms with Gasteiger partial charge in [-0.1, -0.05) is 11.7 Å². The van der Waals surface area contributed by atoms with Gasteiger partial charge in [0.05, 0.1) is 0 Å². The fourth-order valence-electron chi connectivity index (χ4n) is 1.63. The molecule has 2 heterocycles. The van der Waals surface area contributed by atoms with Gasteiger partial charge in [-0.15, -0.1) is 12.4 Å². The first-order valence-corrected chi connectivity index (χ1v) is 4.87. The lowest BCUT2D eigenvalue weighted by Crippen LogP contribution is -2.66. The standard InChI is InChI=1S/C8H15N5O.ClH/c1-2-11-3-5-12(6-4-11)13-7-8(9)14-10-13;/h7,9H,2-6H2,1H3;1H. The van der Waals surface area contributed by atoms with E-state index in [1.165, 1.54) is 0 Å². The topological polar surface area (TPSA) is 61.5 Å². The Morgan fingerprint density at radius 2 is 2.13 bits per heavy atom. The van der Waals surface area contributed by atoms with Crippen LogP contribution in [-0.2, 0) is 0 Å². The fourth-order valence-corrected chi connectivity index (χ4v) is 1.63. The number of aromatic nitrogens is 2. The number of hydrogen-bond acceptors (Lipinski definition) is 4. The van der Waals surface area contributed by atoms with Crippen molar-refractivity contribution < 1.29 is 9.31 Å². The Morgan fingerprint density at radius 3 is 2.60 bits per heavy atom. The minimum Gasteiger partial charge on any atom is -0.380 e. The molecule has 1 aromatic rings. The van der Waals surface area contributed by atoms with Gasteiger partial charge in [0.15, 0.2) is 0 Å². The zero-order valence-corrected chi connectivity index (χ0v) is 9.53. The molecular formula is C8H16ClN5O. The number of rotatable bonds is 2. The zero-order chi connectivity index (χ0) is 9.97. The van der Waals surface area contributed by atoms with Gasteiger partial charge >= 0.3 is 0 Å². The normalized spacial score (nSPS) is 17.5. The molecule has 15 heavy (non-hydrogen) atoms. The monoisotopic (exact) mass is 233 g/mol. The van der Waals surface area contributed by atoms with Crippen LogP contribution in [0.15, 0.2) is 10.7 Å². The molecule has 1 aliphatic rings. The first-order chi connectivity index (χ1) is 6.79. The van der Waals surface area contributed by atoms with Crippen molar-refractivity contribution >= 4 is 12.4 Å². The molecule has 0 radical (unpaired) electrons. The van der Waals surface area contributed by atoms with Crippen molar-refractivity contribution in [3.63, 3.8) is 0 Å². The summed E-state index contributed by atoms with van der Waals surface area (Å²) >= 11 is 0. The summed E-state index contributed by atoms with van der Waals surface area (Å²) in [6.07, 6.45) is 1.58. The van der Waals surface area contributed by atoms with Gasteiger partial charge in [0, 0.05) is 26.2 Å². The van der Waals surface area contributed by atoms with Crippen LogP contribution in [0, 0.1) is 5.41 Å². The Hall–Kier alpha value is -1.01. The number of likely N-dealkylation sites (N-methyl/N-ethyl adjacent to an activating group) is 1. The van der Waals surface area contributed by atoms with Gasteiger partial charge in [-0.05, 0) is 11.8 Å². The predicted octanol–water partition coefficient (Wildman–Crippen LogP) is -1.30. The Labute approximate surface area is 94.3 Å². The van der Waals surface area contributed by atoms with E-state index in [0.717, 1.165) is 32.7 Å². The van der Waals surface area contributed by atoms with Gasteiger partial charge in [-0.25, -0.2) is 0 Å². The molecule has 1 fully saturated rings. The van der Waals surface area contributed by atoms with Crippen molar-refractivity contribution in [3.05, 3.63) is 11.8 Å². The van der Waals surface area contributed by atoms with Gasteiger partial charge < -0.3 is 9.42 Å². The third-order valence-corrected chi connectivity index (χ3v) is 2.54. The Morgan fingerprint density at radius 1 is 1.47 bits per heavy atom. The molecule has 1 aromatic heterocycles. The lowest BCUT2D eigenvalue weighted by molar-refractivity contribution is -0.764. The van der Waals surface area contributed by atoms with Crippen LogP contribution in [-0.4, -0.2) is 37.6 Å². The van der Waals surface area contributed by atoms with Gasteiger partial charge in [0.25, 0.3) is 11.8 Å². The second kappa shape index (κ2) is 5.18. The van der Waals surface area contributed by atoms with Crippen molar-refractivity contribution in [3.8, 4) is 0 Å². The zero-order valence-electron chi connectivity index (χ0n) is 8.72. The van der Waals surface area contributed by atoms with E-state index < -0.39 is 0 Å². The highest BCUT2D eigenvalue weighted by Crippen LogP contribution is 1.94. The molecule has 2 rings (SSSR count). The molecule has 0 spiro atoms. The smallest absolute Gasteiger partial charge is 0.286 e. The molecule has 1 saturated heterocycles. The summed E-state index contributed by atoms with van der Waals surface area (Å²) in [7, 11) is 0. The number of piperazine rings is 1. The molecule has 6 nitrogen and oxygen atoms in total. The maximum absolute atomic E-state index is 7.22. The Balaban J connectivity index is 0.00000112. The van der Waals surface area contributed by atoms with Crippen LogP contribution in [0.3, 0.4) is 0 Å². The number of hydrogen-bond donors (Lipinski definition) is 1. The molecule has 0 unspecified atom stereocenters. The van der Waals surface area contributed by atoms with Crippen LogP contribution in [0.25, 0.3) is 0 Å². The van der Waals surface area contributed by atoms with Crippen molar-refractivity contribution in [2.24, 2.45) is 0 Å². The summed E-state index contributed by atoms with van der Waals surface area (Å²) in [4.78, 5) is 4.01. The number of halogens is 1. The van der Waals surface area contributed by atoms with Gasteiger partial charge in [0.1, 0.15) is 0 Å². The van der Waals surface area contributed by atoms with E-state index in [0.29, 0.717) is 0 Å². The number of nitrogens with one attached hydrogen (secondary N) is 1. The largest absolute Gasteiger partial charge is 0.380 e. The first-order valence-electron chi connectivity index (χ1n) is 4.87. The predicted molar refractivity (Wildman–Crippen MR) is 55.4 cm³/mol. The summed E-state index contributed by atoms with van der Waals surface area (Å²) < 4.78 is 4.70. The minimum absolute atomic E-state index is 0. The van der Waals surface area contributed by atoms with E-state index in [-0.39, 0.29) is 18.0 Å². The SMILES string of the molecule is CCN1CCN([n+]2cc(=N)o[n-]2)CC1.Cl. The van der Waals surface area contributed by atoms with Crippen molar-refractivity contribution in [2.75, 3.05) is 37.7 Å². The molecule has 0 atom stereocenters. The maximum atomic E-state index is 7.22. The quantitative estimate of drug-likeness (QED) is 0.645. The van der Waals surface area contributed by atoms with Crippen LogP contribution in [0.1, 0.15) is 6.92 Å². The van der Waals surface area contributed by atoms with Gasteiger partial charge in [0.2, 0.25) is 0 Å². The third kappa shape index (κ3) is 2.73. The first kappa shape index (κ1) is 12.1. The molecule has 7 heteroatoms. The minimum atomic E-state index is 0. The average molecular weight is 234 g/mol. The molecule has 0 aromatic carbocycles. The highest BCUT2D eigenvalue weighted by Gasteiger charge is 2.16. The van der Waals surface area contributed by atoms with E-state index >= 15 is 0 Å². The van der Waals surface area contributed by atoms with Crippen LogP contribution < -0.4 is 20.6 Å². The highest BCUT2D eigenvalue weighted by atomic mass is 35.5. The van der Waals surface area contributed by atoms with Crippen molar-refractivity contribution in [1.82, 2.24) is 10.2 Å². The van der Waals surface area contributed by atoms with E-state index in [1.54, 1.807) is 11.0 Å². The van der Waals surface area contributed by atoms with Gasteiger partial charge in [-0.2, -0.15) is 0 Å². The molecule has 0 amide bonds. The second-order valence-corrected chi connectivity index (χ2v) is 3.37. The molecule has 0 bridgehead atoms. The molecule has 86 valence electrons. The average Bonchev–Trinajstić information content (AvgIpc) is 2.65. The van der Waals surface area contributed by atoms with Crippen molar-refractivity contribution in [1.29, 1.82) is 5.41 Å². The summed E-state index contributed by atoms with van der Waals surface area (Å²) in [5, 5.41) is 13.1. The Kier molecular flexibility index (Phi) is 4.16. The lowest BCUT2D eigenvalue weighted by atomic mass is 10.3. The second-order valence-electron chi connectivity index (χ2n) is 3.37. The maximum Gasteiger partial charge on any atom is 0.286 e. The lowest BCUT2D eigenvalue weighted by Gasteiger charge is -2.34. The molecular weight excluding hydrogens is 218 g/mol. The van der Waals surface area contributed by atoms with E-state index in [9.17, 15) is 0 Å². The molecule has 1 N–H and O–H groups in total. The van der Waals surface area contributed by atoms with E-state index in [4.69, 9.17) is 9.93 Å². The molecule has 1 aliphatic heterocycles. The van der Waals surface area contributed by atoms with Gasteiger partial charge in [-0.3, -0.25) is 10.4 Å². The van der Waals surface area contributed by atoms with Crippen LogP contribution in [0.2, 0.25) is 0 Å². The van der Waals surface area contributed by atoms with Crippen molar-refractivity contribution in [2.45, 2.75) is 6.92 Å². The highest BCUT2D eigenvalue weighted by molar-refractivity contribution is 5.85. The fraction of sp³-hybridized carbons (Fsp3) is 0.750. The number of nitrogens with zero attached hydrogens (tertiary/aromatic N) is 4. The summed E-state index contributed by atoms with van der Waals surface area (Å²) in [6.45, 7) is 7.23. The summed E-state index contributed by atoms with van der Waals surface area (Å²) in [6, 6.07) is 0. The summed E-state index contributed by atoms with van der Waals surface area (Å²) in [5.74, 6) is 0. The Bertz CT molecular complexity index is 341. The van der Waals surface area contributed by atoms with Crippen LogP contribution in [0.4, 0.5) is 0 Å². The van der Waals surface area contributed by atoms with E-state index in [1.807, 2.05) is 0 Å². The third-order valence-electron chi connectivity index (χ3n) is 2.54. The molecule has 0 saturated carbocycles. The van der Waals surface area contributed by atoms with Crippen LogP contribution >= 0.6 is 12.4 Å². The molecule has 0 aliphatic carbocycles. The van der Waals surface area contributed by atoms with E-state index in [2.05, 4.69) is 22.1 Å².